The van der Waals surface area contributed by atoms with Gasteiger partial charge < -0.3 is 15.5 Å². The molecule has 6 nitrogen and oxygen atoms in total. The van der Waals surface area contributed by atoms with Gasteiger partial charge >= 0.3 is 6.18 Å². The Morgan fingerprint density at radius 2 is 2.04 bits per heavy atom. The normalized spacial score (nSPS) is 17.4. The van der Waals surface area contributed by atoms with E-state index in [4.69, 9.17) is 0 Å². The first-order valence-electron chi connectivity index (χ1n) is 7.89. The topological polar surface area (TPSA) is 78.5 Å². The molecule has 1 aromatic rings. The summed E-state index contributed by atoms with van der Waals surface area (Å²) in [6.07, 6.45) is -3.75. The number of hydrogen-bond donors (Lipinski definition) is 2. The van der Waals surface area contributed by atoms with Gasteiger partial charge in [0.2, 0.25) is 17.7 Å². The second-order valence-electron chi connectivity index (χ2n) is 5.61. The van der Waals surface area contributed by atoms with Crippen LogP contribution in [-0.4, -0.2) is 42.3 Å². The van der Waals surface area contributed by atoms with Crippen molar-refractivity contribution in [1.82, 2.24) is 15.5 Å². The summed E-state index contributed by atoms with van der Waals surface area (Å²) < 4.78 is 39.9. The molecular weight excluding hydrogens is 351 g/mol. The van der Waals surface area contributed by atoms with Crippen molar-refractivity contribution in [2.45, 2.75) is 18.6 Å². The van der Waals surface area contributed by atoms with E-state index in [-0.39, 0.29) is 31.6 Å². The van der Waals surface area contributed by atoms with Crippen LogP contribution in [0.15, 0.2) is 36.9 Å². The molecular formula is C17H18F3N3O3. The number of nitrogens with one attached hydrogen (secondary N) is 2. The highest BCUT2D eigenvalue weighted by molar-refractivity contribution is 5.91. The summed E-state index contributed by atoms with van der Waals surface area (Å²) in [5, 5.41) is 4.91. The molecule has 0 radical (unpaired) electrons. The summed E-state index contributed by atoms with van der Waals surface area (Å²) in [4.78, 5) is 36.9. The summed E-state index contributed by atoms with van der Waals surface area (Å²) in [6.45, 7) is 3.50. The number of carbonyl (C=O) groups is 3. The lowest BCUT2D eigenvalue weighted by Gasteiger charge is -2.36. The van der Waals surface area contributed by atoms with E-state index >= 15 is 0 Å². The number of hydrogen-bond acceptors (Lipinski definition) is 3. The molecule has 0 aliphatic carbocycles. The van der Waals surface area contributed by atoms with Crippen LogP contribution < -0.4 is 10.6 Å². The highest BCUT2D eigenvalue weighted by Crippen LogP contribution is 2.37. The second-order valence-corrected chi connectivity index (χ2v) is 5.61. The summed E-state index contributed by atoms with van der Waals surface area (Å²) >= 11 is 0. The van der Waals surface area contributed by atoms with Gasteiger partial charge in [0.1, 0.15) is 6.04 Å². The molecule has 140 valence electrons. The number of rotatable bonds is 5. The number of piperazine rings is 1. The molecule has 0 bridgehead atoms. The van der Waals surface area contributed by atoms with E-state index in [9.17, 15) is 27.6 Å². The van der Waals surface area contributed by atoms with Crippen molar-refractivity contribution in [3.8, 4) is 0 Å². The Balaban J connectivity index is 2.27. The van der Waals surface area contributed by atoms with Crippen LogP contribution in [0.4, 0.5) is 13.2 Å². The van der Waals surface area contributed by atoms with Gasteiger partial charge in [0.25, 0.3) is 0 Å². The third kappa shape index (κ3) is 4.41. The minimum Gasteiger partial charge on any atom is -0.352 e. The first-order valence-corrected chi connectivity index (χ1v) is 7.89. The van der Waals surface area contributed by atoms with Crippen LogP contribution in [0.3, 0.4) is 0 Å². The van der Waals surface area contributed by atoms with Crippen LogP contribution in [0, 0.1) is 0 Å². The molecule has 0 aromatic heterocycles. The van der Waals surface area contributed by atoms with Gasteiger partial charge in [0, 0.05) is 26.1 Å². The zero-order valence-electron chi connectivity index (χ0n) is 13.8. The van der Waals surface area contributed by atoms with E-state index in [2.05, 4.69) is 17.2 Å². The molecule has 3 amide bonds. The largest absolute Gasteiger partial charge is 0.416 e. The van der Waals surface area contributed by atoms with Crippen LogP contribution in [-0.2, 0) is 20.6 Å². The maximum atomic E-state index is 13.3. The smallest absolute Gasteiger partial charge is 0.352 e. The number of alkyl halides is 3. The van der Waals surface area contributed by atoms with Crippen LogP contribution in [0.2, 0.25) is 0 Å². The Bertz CT molecular complexity index is 719. The fourth-order valence-corrected chi connectivity index (χ4v) is 2.75. The van der Waals surface area contributed by atoms with Gasteiger partial charge in [-0.2, -0.15) is 13.2 Å². The number of halogens is 3. The monoisotopic (exact) mass is 369 g/mol. The van der Waals surface area contributed by atoms with E-state index in [1.54, 1.807) is 0 Å². The van der Waals surface area contributed by atoms with Crippen LogP contribution in [0.5, 0.6) is 0 Å². The number of carbonyl (C=O) groups excluding carboxylic acids is 3. The van der Waals surface area contributed by atoms with Gasteiger partial charge in [-0.05, 0) is 17.7 Å². The molecule has 1 unspecified atom stereocenters. The van der Waals surface area contributed by atoms with Crippen LogP contribution >= 0.6 is 0 Å². The fraction of sp³-hybridized carbons (Fsp3) is 0.353. The predicted molar refractivity (Wildman–Crippen MR) is 86.7 cm³/mol. The zero-order valence-corrected chi connectivity index (χ0v) is 13.8. The Kier molecular flexibility index (Phi) is 6.01. The molecule has 1 atom stereocenters. The molecule has 26 heavy (non-hydrogen) atoms. The van der Waals surface area contributed by atoms with E-state index in [1.165, 1.54) is 18.2 Å². The molecule has 1 aliphatic rings. The van der Waals surface area contributed by atoms with Gasteiger partial charge in [-0.1, -0.05) is 24.8 Å². The molecule has 9 heteroatoms. The maximum Gasteiger partial charge on any atom is 0.416 e. The summed E-state index contributed by atoms with van der Waals surface area (Å²) in [6, 6.07) is 3.32. The number of benzene rings is 1. The molecule has 1 aliphatic heterocycles. The van der Waals surface area contributed by atoms with E-state index in [0.29, 0.717) is 0 Å². The average Bonchev–Trinajstić information content (AvgIpc) is 2.60. The van der Waals surface area contributed by atoms with Crippen molar-refractivity contribution in [2.75, 3.05) is 19.6 Å². The van der Waals surface area contributed by atoms with Gasteiger partial charge in [0.15, 0.2) is 0 Å². The fourth-order valence-electron chi connectivity index (χ4n) is 2.75. The molecule has 1 saturated heterocycles. The lowest BCUT2D eigenvalue weighted by Crippen LogP contribution is -2.53. The summed E-state index contributed by atoms with van der Waals surface area (Å²) in [5.41, 5.74) is -1.24. The molecule has 1 aromatic carbocycles. The highest BCUT2D eigenvalue weighted by atomic mass is 19.4. The third-order valence-corrected chi connectivity index (χ3v) is 3.92. The lowest BCUT2D eigenvalue weighted by molar-refractivity contribution is -0.146. The predicted octanol–water partition coefficient (Wildman–Crippen LogP) is 1.40. The first-order chi connectivity index (χ1) is 12.3. The third-order valence-electron chi connectivity index (χ3n) is 3.92. The van der Waals surface area contributed by atoms with Gasteiger partial charge in [-0.25, -0.2) is 0 Å². The van der Waals surface area contributed by atoms with Crippen molar-refractivity contribution in [3.05, 3.63) is 48.0 Å². The maximum absolute atomic E-state index is 13.3. The number of amides is 3. The molecule has 1 fully saturated rings. The standard InChI is InChI=1S/C17H18F3N3O3/c1-2-13(24)21-8-7-14(25)23-10-9-22-16(26)15(23)11-5-3-4-6-12(11)17(18,19)20/h2-6,15H,1,7-10H2,(H,21,24)(H,22,26). The average molecular weight is 369 g/mol. The molecule has 2 rings (SSSR count). The van der Waals surface area contributed by atoms with E-state index < -0.39 is 35.5 Å². The zero-order chi connectivity index (χ0) is 19.3. The summed E-state index contributed by atoms with van der Waals surface area (Å²) in [5.74, 6) is -1.66. The molecule has 0 spiro atoms. The van der Waals surface area contributed by atoms with Crippen LogP contribution in [0.1, 0.15) is 23.6 Å². The number of nitrogens with zero attached hydrogens (tertiary/aromatic N) is 1. The Hall–Kier alpha value is -2.84. The van der Waals surface area contributed by atoms with E-state index in [0.717, 1.165) is 17.0 Å². The van der Waals surface area contributed by atoms with E-state index in [1.807, 2.05) is 0 Å². The Morgan fingerprint density at radius 3 is 2.69 bits per heavy atom. The molecule has 0 saturated carbocycles. The highest BCUT2D eigenvalue weighted by Gasteiger charge is 2.41. The second kappa shape index (κ2) is 8.03. The van der Waals surface area contributed by atoms with Crippen molar-refractivity contribution in [2.24, 2.45) is 0 Å². The van der Waals surface area contributed by atoms with Crippen LogP contribution in [0.25, 0.3) is 0 Å². The lowest BCUT2D eigenvalue weighted by atomic mass is 9.96. The van der Waals surface area contributed by atoms with Gasteiger partial charge in [-0.3, -0.25) is 14.4 Å². The van der Waals surface area contributed by atoms with Crippen molar-refractivity contribution in [3.63, 3.8) is 0 Å². The van der Waals surface area contributed by atoms with Crippen molar-refractivity contribution in [1.29, 1.82) is 0 Å². The van der Waals surface area contributed by atoms with Crippen molar-refractivity contribution >= 4 is 17.7 Å². The molecule has 2 N–H and O–H groups in total. The Labute approximate surface area is 148 Å². The minimum atomic E-state index is -4.65. The minimum absolute atomic E-state index is 0.00452. The quantitative estimate of drug-likeness (QED) is 0.770. The first kappa shape index (κ1) is 19.5. The molecule has 1 heterocycles. The Morgan fingerprint density at radius 1 is 1.35 bits per heavy atom. The summed E-state index contributed by atoms with van der Waals surface area (Å²) in [7, 11) is 0. The SMILES string of the molecule is C=CC(=O)NCCC(=O)N1CCNC(=O)C1c1ccccc1C(F)(F)F. The van der Waals surface area contributed by atoms with Crippen molar-refractivity contribution < 1.29 is 27.6 Å². The van der Waals surface area contributed by atoms with Gasteiger partial charge in [-0.15, -0.1) is 0 Å². The van der Waals surface area contributed by atoms with Gasteiger partial charge in [0.05, 0.1) is 5.56 Å².